The molecule has 0 radical (unpaired) electrons. The molecule has 0 saturated carbocycles. The van der Waals surface area contributed by atoms with Crippen molar-refractivity contribution in [3.05, 3.63) is 59.2 Å². The highest BCUT2D eigenvalue weighted by Gasteiger charge is 2.10. The summed E-state index contributed by atoms with van der Waals surface area (Å²) in [6.07, 6.45) is 1.22. The smallest absolute Gasteiger partial charge is 0.175 e. The molecule has 0 amide bonds. The molecule has 2 rings (SSSR count). The largest absolute Gasteiger partial charge is 0.496 e. The second-order valence-electron chi connectivity index (χ2n) is 5.76. The van der Waals surface area contributed by atoms with Gasteiger partial charge in [0, 0.05) is 24.4 Å². The highest BCUT2D eigenvalue weighted by Crippen LogP contribution is 2.21. The first-order valence-electron chi connectivity index (χ1n) is 7.48. The van der Waals surface area contributed by atoms with E-state index in [0.29, 0.717) is 11.4 Å². The molecule has 1 atom stereocenters. The third kappa shape index (κ3) is 4.56. The minimum absolute atomic E-state index is 0.105. The van der Waals surface area contributed by atoms with Crippen LogP contribution >= 0.6 is 0 Å². The molecule has 0 spiro atoms. The maximum atomic E-state index is 11.5. The normalized spacial score (nSPS) is 12.9. The van der Waals surface area contributed by atoms with Crippen LogP contribution in [0.3, 0.4) is 0 Å². The fourth-order valence-corrected chi connectivity index (χ4v) is 3.06. The van der Waals surface area contributed by atoms with E-state index in [9.17, 15) is 8.42 Å². The Morgan fingerprint density at radius 2 is 1.78 bits per heavy atom. The first-order chi connectivity index (χ1) is 10.8. The Labute approximate surface area is 138 Å². The summed E-state index contributed by atoms with van der Waals surface area (Å²) in [7, 11) is -1.48. The Hall–Kier alpha value is -1.85. The summed E-state index contributed by atoms with van der Waals surface area (Å²) in [5.74, 6) is 0.864. The molecule has 0 aliphatic carbocycles. The van der Waals surface area contributed by atoms with E-state index in [4.69, 9.17) is 4.74 Å². The van der Waals surface area contributed by atoms with Crippen molar-refractivity contribution in [2.45, 2.75) is 31.3 Å². The van der Waals surface area contributed by atoms with Crippen LogP contribution in [0.25, 0.3) is 0 Å². The second kappa shape index (κ2) is 7.15. The minimum Gasteiger partial charge on any atom is -0.496 e. The van der Waals surface area contributed by atoms with Crippen LogP contribution in [-0.2, 0) is 16.4 Å². The Balaban J connectivity index is 2.08. The fraction of sp³-hybridized carbons (Fsp3) is 0.333. The summed E-state index contributed by atoms with van der Waals surface area (Å²) in [5, 5.41) is 3.45. The predicted molar refractivity (Wildman–Crippen MR) is 92.5 cm³/mol. The molecule has 23 heavy (non-hydrogen) atoms. The van der Waals surface area contributed by atoms with Crippen LogP contribution in [0, 0.1) is 6.92 Å². The van der Waals surface area contributed by atoms with Gasteiger partial charge in [0.05, 0.1) is 12.0 Å². The standard InChI is InChI=1S/C18H23NO3S/c1-13-5-10-18(22-3)16(11-13)12-19-14(2)15-6-8-17(9-7-15)23(4,20)21/h5-11,14,19H,12H2,1-4H3/t14-/m1/s1. The van der Waals surface area contributed by atoms with Gasteiger partial charge in [-0.1, -0.05) is 29.8 Å². The predicted octanol–water partition coefficient (Wildman–Crippen LogP) is 3.26. The zero-order valence-corrected chi connectivity index (χ0v) is 14.8. The lowest BCUT2D eigenvalue weighted by atomic mass is 10.1. The van der Waals surface area contributed by atoms with Crippen molar-refractivity contribution in [2.24, 2.45) is 0 Å². The van der Waals surface area contributed by atoms with Gasteiger partial charge in [0.1, 0.15) is 5.75 Å². The van der Waals surface area contributed by atoms with Crippen molar-refractivity contribution in [3.8, 4) is 5.75 Å². The minimum atomic E-state index is -3.15. The molecule has 0 bridgehead atoms. The first kappa shape index (κ1) is 17.5. The number of aryl methyl sites for hydroxylation is 1. The number of hydrogen-bond acceptors (Lipinski definition) is 4. The van der Waals surface area contributed by atoms with Crippen LogP contribution in [0.15, 0.2) is 47.4 Å². The van der Waals surface area contributed by atoms with Crippen LogP contribution in [0.5, 0.6) is 5.75 Å². The molecule has 0 aliphatic rings. The van der Waals surface area contributed by atoms with Crippen LogP contribution in [-0.4, -0.2) is 21.8 Å². The van der Waals surface area contributed by atoms with Crippen molar-refractivity contribution < 1.29 is 13.2 Å². The second-order valence-corrected chi connectivity index (χ2v) is 7.77. The molecule has 0 saturated heterocycles. The number of methoxy groups -OCH3 is 1. The Morgan fingerprint density at radius 3 is 2.35 bits per heavy atom. The SMILES string of the molecule is COc1ccc(C)cc1CN[C@H](C)c1ccc(S(C)(=O)=O)cc1. The van der Waals surface area contributed by atoms with Gasteiger partial charge in [0.15, 0.2) is 9.84 Å². The Bertz CT molecular complexity index is 767. The lowest BCUT2D eigenvalue weighted by Gasteiger charge is -2.16. The molecule has 0 unspecified atom stereocenters. The number of benzene rings is 2. The van der Waals surface area contributed by atoms with Gasteiger partial charge < -0.3 is 10.1 Å². The lowest BCUT2D eigenvalue weighted by Crippen LogP contribution is -2.18. The summed E-state index contributed by atoms with van der Waals surface area (Å²) in [5.41, 5.74) is 3.34. The van der Waals surface area contributed by atoms with Gasteiger partial charge in [0.2, 0.25) is 0 Å². The van der Waals surface area contributed by atoms with Gasteiger partial charge >= 0.3 is 0 Å². The molecule has 124 valence electrons. The van der Waals surface area contributed by atoms with E-state index >= 15 is 0 Å². The molecule has 0 fully saturated rings. The summed E-state index contributed by atoms with van der Waals surface area (Å²) >= 11 is 0. The molecule has 0 heterocycles. The average molecular weight is 333 g/mol. The summed E-state index contributed by atoms with van der Waals surface area (Å²) < 4.78 is 28.4. The summed E-state index contributed by atoms with van der Waals surface area (Å²) in [6.45, 7) is 4.79. The van der Waals surface area contributed by atoms with E-state index in [1.165, 1.54) is 11.8 Å². The Kier molecular flexibility index (Phi) is 5.44. The number of nitrogens with one attached hydrogen (secondary N) is 1. The zero-order chi connectivity index (χ0) is 17.0. The van der Waals surface area contributed by atoms with Crippen molar-refractivity contribution in [2.75, 3.05) is 13.4 Å². The van der Waals surface area contributed by atoms with Crippen molar-refractivity contribution in [1.29, 1.82) is 0 Å². The zero-order valence-electron chi connectivity index (χ0n) is 14.0. The molecular weight excluding hydrogens is 310 g/mol. The molecule has 0 aromatic heterocycles. The lowest BCUT2D eigenvalue weighted by molar-refractivity contribution is 0.406. The van der Waals surface area contributed by atoms with Crippen molar-refractivity contribution in [3.63, 3.8) is 0 Å². The van der Waals surface area contributed by atoms with E-state index in [-0.39, 0.29) is 6.04 Å². The molecule has 2 aromatic carbocycles. The highest BCUT2D eigenvalue weighted by atomic mass is 32.2. The fourth-order valence-electron chi connectivity index (χ4n) is 2.43. The van der Waals surface area contributed by atoms with Crippen LogP contribution in [0.2, 0.25) is 0 Å². The third-order valence-corrected chi connectivity index (χ3v) is 4.97. The highest BCUT2D eigenvalue weighted by molar-refractivity contribution is 7.90. The average Bonchev–Trinajstić information content (AvgIpc) is 2.52. The molecule has 1 N–H and O–H groups in total. The maximum absolute atomic E-state index is 11.5. The van der Waals surface area contributed by atoms with E-state index < -0.39 is 9.84 Å². The number of rotatable bonds is 6. The van der Waals surface area contributed by atoms with E-state index in [1.807, 2.05) is 24.3 Å². The third-order valence-electron chi connectivity index (χ3n) is 3.84. The molecule has 4 nitrogen and oxygen atoms in total. The maximum Gasteiger partial charge on any atom is 0.175 e. The van der Waals surface area contributed by atoms with Gasteiger partial charge in [-0.2, -0.15) is 0 Å². The van der Waals surface area contributed by atoms with Crippen LogP contribution in [0.1, 0.15) is 29.7 Å². The summed E-state index contributed by atoms with van der Waals surface area (Å²) in [6, 6.07) is 13.2. The molecule has 5 heteroatoms. The summed E-state index contributed by atoms with van der Waals surface area (Å²) in [4.78, 5) is 0.341. The van der Waals surface area contributed by atoms with Crippen LogP contribution in [0.4, 0.5) is 0 Å². The van der Waals surface area contributed by atoms with E-state index in [0.717, 1.165) is 16.9 Å². The Morgan fingerprint density at radius 1 is 1.13 bits per heavy atom. The van der Waals surface area contributed by atoms with Crippen molar-refractivity contribution >= 4 is 9.84 Å². The monoisotopic (exact) mass is 333 g/mol. The number of ether oxygens (including phenoxy) is 1. The van der Waals surface area contributed by atoms with Crippen LogP contribution < -0.4 is 10.1 Å². The van der Waals surface area contributed by atoms with Crippen molar-refractivity contribution in [1.82, 2.24) is 5.32 Å². The first-order valence-corrected chi connectivity index (χ1v) is 9.37. The van der Waals surface area contributed by atoms with Gasteiger partial charge in [-0.3, -0.25) is 0 Å². The van der Waals surface area contributed by atoms with E-state index in [1.54, 1.807) is 19.2 Å². The number of sulfone groups is 1. The molecule has 0 aliphatic heterocycles. The molecular formula is C18H23NO3S. The number of hydrogen-bond donors (Lipinski definition) is 1. The van der Waals surface area contributed by atoms with Gasteiger partial charge in [-0.15, -0.1) is 0 Å². The molecule has 2 aromatic rings. The van der Waals surface area contributed by atoms with Gasteiger partial charge in [0.25, 0.3) is 0 Å². The quantitative estimate of drug-likeness (QED) is 0.881. The van der Waals surface area contributed by atoms with E-state index in [2.05, 4.69) is 25.2 Å². The van der Waals surface area contributed by atoms with Gasteiger partial charge in [-0.25, -0.2) is 8.42 Å². The topological polar surface area (TPSA) is 55.4 Å². The van der Waals surface area contributed by atoms with Gasteiger partial charge in [-0.05, 0) is 37.6 Å².